The van der Waals surface area contributed by atoms with Crippen molar-refractivity contribution in [3.05, 3.63) is 0 Å². The van der Waals surface area contributed by atoms with Gasteiger partial charge in [0.05, 0.1) is 0 Å². The number of hydrogen-bond donors (Lipinski definition) is 3. The molecule has 6 fully saturated rings. The van der Waals surface area contributed by atoms with Crippen LogP contribution in [0.25, 0.3) is 0 Å². The van der Waals surface area contributed by atoms with Gasteiger partial charge >= 0.3 is 7.12 Å². The van der Waals surface area contributed by atoms with Gasteiger partial charge in [-0.1, -0.05) is 57.8 Å². The van der Waals surface area contributed by atoms with E-state index in [2.05, 4.69) is 31.0 Å². The Balaban J connectivity index is 1.13. The molecular formula is C27H51BN6. The third-order valence-corrected chi connectivity index (χ3v) is 10.5. The summed E-state index contributed by atoms with van der Waals surface area (Å²) in [5.41, 5.74) is 12.2. The van der Waals surface area contributed by atoms with Crippen LogP contribution in [-0.4, -0.2) is 59.6 Å². The maximum absolute atomic E-state index is 4.07. The Morgan fingerprint density at radius 1 is 0.382 bits per heavy atom. The van der Waals surface area contributed by atoms with Crippen molar-refractivity contribution in [3.8, 4) is 0 Å². The zero-order valence-electron chi connectivity index (χ0n) is 21.7. The van der Waals surface area contributed by atoms with Crippen LogP contribution in [0.4, 0.5) is 0 Å². The summed E-state index contributed by atoms with van der Waals surface area (Å²) in [4.78, 5) is 7.89. The van der Waals surface area contributed by atoms with E-state index in [-0.39, 0.29) is 0 Å². The lowest BCUT2D eigenvalue weighted by atomic mass is 9.83. The molecule has 7 heteroatoms. The van der Waals surface area contributed by atoms with Crippen LogP contribution in [0.1, 0.15) is 116 Å². The summed E-state index contributed by atoms with van der Waals surface area (Å²) in [6.07, 6.45) is 25.6. The summed E-state index contributed by atoms with van der Waals surface area (Å²) in [6, 6.07) is 2.07. The van der Waals surface area contributed by atoms with E-state index in [1.807, 2.05) is 0 Å². The van der Waals surface area contributed by atoms with Crippen molar-refractivity contribution < 1.29 is 0 Å². The van der Waals surface area contributed by atoms with Gasteiger partial charge in [-0.15, -0.1) is 0 Å². The van der Waals surface area contributed by atoms with Gasteiger partial charge in [0.15, 0.2) is 0 Å². The molecule has 34 heavy (non-hydrogen) atoms. The predicted molar refractivity (Wildman–Crippen MR) is 140 cm³/mol. The van der Waals surface area contributed by atoms with E-state index in [1.54, 1.807) is 0 Å². The van der Waals surface area contributed by atoms with Gasteiger partial charge in [-0.3, -0.25) is 16.3 Å². The number of rotatable bonds is 6. The molecule has 6 nitrogen and oxygen atoms in total. The topological polar surface area (TPSA) is 45.8 Å². The number of nitrogens with one attached hydrogen (secondary N) is 3. The molecule has 192 valence electrons. The van der Waals surface area contributed by atoms with Crippen molar-refractivity contribution in [2.24, 2.45) is 17.8 Å². The Bertz CT molecular complexity index is 547. The lowest BCUT2D eigenvalue weighted by Gasteiger charge is -2.39. The number of nitrogens with zero attached hydrogens (tertiary/aromatic N) is 3. The van der Waals surface area contributed by atoms with E-state index >= 15 is 0 Å². The Hall–Kier alpha value is -0.175. The summed E-state index contributed by atoms with van der Waals surface area (Å²) >= 11 is 0. The van der Waals surface area contributed by atoms with E-state index in [0.29, 0.717) is 25.2 Å². The molecule has 6 rings (SSSR count). The summed E-state index contributed by atoms with van der Waals surface area (Å²) in [5, 5.41) is 0. The van der Waals surface area contributed by atoms with Crippen LogP contribution in [0.2, 0.25) is 0 Å². The molecule has 0 radical (unpaired) electrons. The van der Waals surface area contributed by atoms with E-state index in [1.165, 1.54) is 135 Å². The summed E-state index contributed by atoms with van der Waals surface area (Å²) in [5.74, 6) is 2.67. The molecule has 3 aliphatic heterocycles. The first-order valence-corrected chi connectivity index (χ1v) is 15.4. The Morgan fingerprint density at radius 3 is 0.971 bits per heavy atom. The van der Waals surface area contributed by atoms with Crippen molar-refractivity contribution in [1.29, 1.82) is 0 Å². The lowest BCUT2D eigenvalue weighted by Crippen LogP contribution is -2.69. The molecule has 6 aliphatic rings. The van der Waals surface area contributed by atoms with Gasteiger partial charge in [0.1, 0.15) is 0 Å². The van der Waals surface area contributed by atoms with Crippen molar-refractivity contribution in [3.63, 3.8) is 0 Å². The second-order valence-corrected chi connectivity index (χ2v) is 12.7. The third-order valence-electron chi connectivity index (χ3n) is 10.5. The third kappa shape index (κ3) is 5.40. The lowest BCUT2D eigenvalue weighted by molar-refractivity contribution is 0.178. The second kappa shape index (κ2) is 11.5. The maximum atomic E-state index is 4.07. The standard InChI is InChI=1S/C27H51BN6/c1-4-10-22(11-5-1)25-16-19-32(29-25)28(33-20-17-26(30-33)23-12-6-2-7-13-23)34-21-18-27(31-34)24-14-8-3-9-15-24/h22-27,29-31H,1-21H2. The first-order chi connectivity index (χ1) is 16.8. The smallest absolute Gasteiger partial charge is 0.260 e. The highest BCUT2D eigenvalue weighted by Crippen LogP contribution is 2.34. The van der Waals surface area contributed by atoms with E-state index in [0.717, 1.165) is 17.8 Å². The molecular weight excluding hydrogens is 419 g/mol. The monoisotopic (exact) mass is 470 g/mol. The molecule has 0 bridgehead atoms. The van der Waals surface area contributed by atoms with Gasteiger partial charge in [-0.2, -0.15) is 0 Å². The molecule has 3 heterocycles. The van der Waals surface area contributed by atoms with Crippen LogP contribution in [0.15, 0.2) is 0 Å². The highest BCUT2D eigenvalue weighted by molar-refractivity contribution is 6.49. The number of hydrogen-bond acceptors (Lipinski definition) is 6. The predicted octanol–water partition coefficient (Wildman–Crippen LogP) is 4.45. The van der Waals surface area contributed by atoms with Crippen LogP contribution in [-0.2, 0) is 0 Å². The largest absolute Gasteiger partial charge is 0.446 e. The minimum Gasteiger partial charge on any atom is -0.260 e. The van der Waals surface area contributed by atoms with Crippen molar-refractivity contribution in [1.82, 2.24) is 31.0 Å². The molecule has 0 aromatic carbocycles. The fourth-order valence-corrected chi connectivity index (χ4v) is 8.54. The first-order valence-electron chi connectivity index (χ1n) is 15.4. The van der Waals surface area contributed by atoms with Gasteiger partial charge in [0, 0.05) is 37.8 Å². The summed E-state index contributed by atoms with van der Waals surface area (Å²) in [7, 11) is 0.302. The fraction of sp³-hybridized carbons (Fsp3) is 1.00. The molecule has 0 aromatic rings. The van der Waals surface area contributed by atoms with Gasteiger partial charge in [-0.05, 0) is 75.5 Å². The molecule has 3 aliphatic carbocycles. The van der Waals surface area contributed by atoms with Crippen LogP contribution >= 0.6 is 0 Å². The normalized spacial score (nSPS) is 36.5. The van der Waals surface area contributed by atoms with Gasteiger partial charge in [0.2, 0.25) is 0 Å². The van der Waals surface area contributed by atoms with Crippen LogP contribution in [0, 0.1) is 17.8 Å². The van der Waals surface area contributed by atoms with Crippen LogP contribution in [0.5, 0.6) is 0 Å². The average Bonchev–Trinajstić information content (AvgIpc) is 3.68. The van der Waals surface area contributed by atoms with E-state index in [9.17, 15) is 0 Å². The van der Waals surface area contributed by atoms with Crippen molar-refractivity contribution >= 4 is 7.12 Å². The van der Waals surface area contributed by atoms with Crippen LogP contribution < -0.4 is 16.3 Å². The molecule has 0 spiro atoms. The molecule has 0 aromatic heterocycles. The molecule has 3 saturated carbocycles. The summed E-state index contributed by atoms with van der Waals surface area (Å²) < 4.78 is 0. The fourth-order valence-electron chi connectivity index (χ4n) is 8.54. The van der Waals surface area contributed by atoms with Crippen molar-refractivity contribution in [2.75, 3.05) is 19.6 Å². The molecule has 3 saturated heterocycles. The SMILES string of the molecule is C1CCC(C2CCN(B(N3CCC(C4CCCCC4)N3)N3CCC(C4CCCCC4)N3)N2)CC1. The zero-order valence-corrected chi connectivity index (χ0v) is 21.7. The zero-order chi connectivity index (χ0) is 22.7. The van der Waals surface area contributed by atoms with E-state index in [4.69, 9.17) is 0 Å². The van der Waals surface area contributed by atoms with Gasteiger partial charge in [-0.25, -0.2) is 14.8 Å². The molecule has 3 unspecified atom stereocenters. The molecule has 3 atom stereocenters. The van der Waals surface area contributed by atoms with Crippen molar-refractivity contribution in [2.45, 2.75) is 134 Å². The molecule has 3 N–H and O–H groups in total. The summed E-state index contributed by atoms with van der Waals surface area (Å²) in [6.45, 7) is 3.55. The Morgan fingerprint density at radius 2 is 0.676 bits per heavy atom. The molecule has 0 amide bonds. The minimum absolute atomic E-state index is 0.302. The Labute approximate surface area is 209 Å². The maximum Gasteiger partial charge on any atom is 0.446 e. The Kier molecular flexibility index (Phi) is 8.16. The average molecular weight is 471 g/mol. The quantitative estimate of drug-likeness (QED) is 0.499. The van der Waals surface area contributed by atoms with E-state index < -0.39 is 0 Å². The second-order valence-electron chi connectivity index (χ2n) is 12.7. The number of hydrazine groups is 3. The van der Waals surface area contributed by atoms with Crippen LogP contribution in [0.3, 0.4) is 0 Å². The highest BCUT2D eigenvalue weighted by Gasteiger charge is 2.48. The first kappa shape index (κ1) is 24.2. The van der Waals surface area contributed by atoms with Gasteiger partial charge in [0.25, 0.3) is 0 Å². The van der Waals surface area contributed by atoms with Gasteiger partial charge < -0.3 is 0 Å². The minimum atomic E-state index is 0.302. The highest BCUT2D eigenvalue weighted by atomic mass is 15.7.